The summed E-state index contributed by atoms with van der Waals surface area (Å²) in [7, 11) is 0. The van der Waals surface area contributed by atoms with Crippen LogP contribution in [0.25, 0.3) is 0 Å². The molecule has 1 amide bonds. The molecule has 0 aliphatic rings. The molecule has 3 nitrogen and oxygen atoms in total. The first kappa shape index (κ1) is 16.6. The van der Waals surface area contributed by atoms with Crippen LogP contribution in [0.4, 0.5) is 13.2 Å². The van der Waals surface area contributed by atoms with Crippen molar-refractivity contribution in [2.75, 3.05) is 5.88 Å². The Morgan fingerprint density at radius 1 is 1.30 bits per heavy atom. The molecule has 0 heterocycles. The molecular formula is C13H15ClF3NO2. The van der Waals surface area contributed by atoms with Gasteiger partial charge in [-0.15, -0.1) is 24.8 Å². The van der Waals surface area contributed by atoms with Crippen molar-refractivity contribution in [3.05, 3.63) is 29.8 Å². The molecule has 7 heteroatoms. The smallest absolute Gasteiger partial charge is 0.406 e. The Labute approximate surface area is 120 Å². The van der Waals surface area contributed by atoms with Crippen LogP contribution in [0.3, 0.4) is 0 Å². The van der Waals surface area contributed by atoms with Crippen molar-refractivity contribution in [3.63, 3.8) is 0 Å². The van der Waals surface area contributed by atoms with Gasteiger partial charge < -0.3 is 10.1 Å². The van der Waals surface area contributed by atoms with Crippen LogP contribution in [0.15, 0.2) is 24.3 Å². The maximum Gasteiger partial charge on any atom is 0.573 e. The molecule has 0 spiro atoms. The molecule has 20 heavy (non-hydrogen) atoms. The number of nitrogens with one attached hydrogen (secondary N) is 1. The summed E-state index contributed by atoms with van der Waals surface area (Å²) < 4.78 is 39.7. The minimum absolute atomic E-state index is 0.0912. The second-order valence-corrected chi connectivity index (χ2v) is 4.77. The van der Waals surface area contributed by atoms with Crippen LogP contribution >= 0.6 is 11.6 Å². The van der Waals surface area contributed by atoms with E-state index in [4.69, 9.17) is 11.6 Å². The summed E-state index contributed by atoms with van der Waals surface area (Å²) in [6.07, 6.45) is -4.74. The Bertz CT molecular complexity index is 448. The van der Waals surface area contributed by atoms with Gasteiger partial charge >= 0.3 is 6.36 Å². The van der Waals surface area contributed by atoms with Crippen LogP contribution in [0.2, 0.25) is 0 Å². The Balaban J connectivity index is 2.66. The Hall–Kier alpha value is -1.43. The lowest BCUT2D eigenvalue weighted by Crippen LogP contribution is -2.37. The molecule has 2 unspecified atom stereocenters. The zero-order valence-electron chi connectivity index (χ0n) is 11.0. The maximum atomic E-state index is 12.0. The Kier molecular flexibility index (Phi) is 5.68. The summed E-state index contributed by atoms with van der Waals surface area (Å²) in [6.45, 7) is 3.70. The minimum Gasteiger partial charge on any atom is -0.406 e. The van der Waals surface area contributed by atoms with Crippen LogP contribution < -0.4 is 10.1 Å². The molecule has 1 N–H and O–H groups in total. The van der Waals surface area contributed by atoms with E-state index in [0.717, 1.165) is 12.1 Å². The zero-order valence-corrected chi connectivity index (χ0v) is 11.8. The van der Waals surface area contributed by atoms with Crippen LogP contribution in [0, 0.1) is 5.92 Å². The molecule has 0 saturated heterocycles. The van der Waals surface area contributed by atoms with Crippen molar-refractivity contribution in [1.29, 1.82) is 0 Å². The highest BCUT2D eigenvalue weighted by Crippen LogP contribution is 2.22. The maximum absolute atomic E-state index is 12.0. The summed E-state index contributed by atoms with van der Waals surface area (Å²) in [5.74, 6) is -0.238. The zero-order chi connectivity index (χ0) is 15.3. The van der Waals surface area contributed by atoms with Crippen molar-refractivity contribution in [2.24, 2.45) is 5.92 Å². The molecular weight excluding hydrogens is 295 g/mol. The van der Waals surface area contributed by atoms with E-state index in [-0.39, 0.29) is 29.2 Å². The molecule has 0 aliphatic carbocycles. The number of hydrogen-bond acceptors (Lipinski definition) is 2. The molecule has 2 atom stereocenters. The largest absolute Gasteiger partial charge is 0.573 e. The van der Waals surface area contributed by atoms with Gasteiger partial charge in [-0.05, 0) is 37.1 Å². The number of rotatable bonds is 5. The van der Waals surface area contributed by atoms with Gasteiger partial charge in [0.15, 0.2) is 0 Å². The van der Waals surface area contributed by atoms with E-state index in [2.05, 4.69) is 10.1 Å². The molecule has 0 aliphatic heterocycles. The molecule has 0 bridgehead atoms. The lowest BCUT2D eigenvalue weighted by Gasteiger charge is -2.19. The number of benzene rings is 1. The number of halogens is 4. The van der Waals surface area contributed by atoms with Crippen molar-refractivity contribution in [3.8, 4) is 5.75 Å². The van der Waals surface area contributed by atoms with E-state index in [9.17, 15) is 18.0 Å². The molecule has 0 aromatic heterocycles. The lowest BCUT2D eigenvalue weighted by atomic mass is 10.1. The predicted octanol–water partition coefficient (Wildman–Crippen LogP) is 3.58. The Morgan fingerprint density at radius 2 is 1.85 bits per heavy atom. The highest BCUT2D eigenvalue weighted by Gasteiger charge is 2.31. The van der Waals surface area contributed by atoms with Crippen LogP contribution in [-0.4, -0.2) is 24.2 Å². The summed E-state index contributed by atoms with van der Waals surface area (Å²) in [6, 6.07) is 4.60. The SMILES string of the molecule is CC(CCl)C(C)NC(=O)c1ccc(OC(F)(F)F)cc1. The minimum atomic E-state index is -4.74. The van der Waals surface area contributed by atoms with E-state index >= 15 is 0 Å². The third kappa shape index (κ3) is 5.28. The Morgan fingerprint density at radius 3 is 2.30 bits per heavy atom. The van der Waals surface area contributed by atoms with Gasteiger partial charge in [0.2, 0.25) is 0 Å². The molecule has 0 saturated carbocycles. The standard InChI is InChI=1S/C13H15ClF3NO2/c1-8(7-14)9(2)18-12(19)10-3-5-11(6-4-10)20-13(15,16)17/h3-6,8-9H,7H2,1-2H3,(H,18,19). The third-order valence-corrected chi connectivity index (χ3v) is 3.29. The highest BCUT2D eigenvalue weighted by atomic mass is 35.5. The fraction of sp³-hybridized carbons (Fsp3) is 0.462. The molecule has 112 valence electrons. The van der Waals surface area contributed by atoms with Crippen molar-refractivity contribution >= 4 is 17.5 Å². The first-order valence-corrected chi connectivity index (χ1v) is 6.49. The van der Waals surface area contributed by atoms with Gasteiger partial charge in [0.1, 0.15) is 5.75 Å². The lowest BCUT2D eigenvalue weighted by molar-refractivity contribution is -0.274. The number of alkyl halides is 4. The van der Waals surface area contributed by atoms with E-state index in [1.165, 1.54) is 12.1 Å². The summed E-state index contributed by atoms with van der Waals surface area (Å²) >= 11 is 5.68. The van der Waals surface area contributed by atoms with Crippen molar-refractivity contribution in [1.82, 2.24) is 5.32 Å². The van der Waals surface area contributed by atoms with E-state index in [1.807, 2.05) is 13.8 Å². The fourth-order valence-corrected chi connectivity index (χ4v) is 1.64. The van der Waals surface area contributed by atoms with Crippen LogP contribution in [0.5, 0.6) is 5.75 Å². The summed E-state index contributed by atoms with van der Waals surface area (Å²) in [5, 5.41) is 2.73. The summed E-state index contributed by atoms with van der Waals surface area (Å²) in [5.41, 5.74) is 0.258. The normalized spacial score (nSPS) is 14.5. The number of hydrogen-bond donors (Lipinski definition) is 1. The predicted molar refractivity (Wildman–Crippen MR) is 69.9 cm³/mol. The van der Waals surface area contributed by atoms with E-state index in [1.54, 1.807) is 0 Å². The van der Waals surface area contributed by atoms with Gasteiger partial charge in [-0.3, -0.25) is 4.79 Å². The quantitative estimate of drug-likeness (QED) is 0.844. The van der Waals surface area contributed by atoms with Crippen molar-refractivity contribution < 1.29 is 22.7 Å². The summed E-state index contributed by atoms with van der Waals surface area (Å²) in [4.78, 5) is 11.9. The van der Waals surface area contributed by atoms with E-state index in [0.29, 0.717) is 5.88 Å². The fourth-order valence-electron chi connectivity index (χ4n) is 1.37. The molecule has 1 rings (SSSR count). The monoisotopic (exact) mass is 309 g/mol. The van der Waals surface area contributed by atoms with Gasteiger partial charge in [0.05, 0.1) is 0 Å². The number of carbonyl (C=O) groups excluding carboxylic acids is 1. The second kappa shape index (κ2) is 6.83. The van der Waals surface area contributed by atoms with Crippen molar-refractivity contribution in [2.45, 2.75) is 26.3 Å². The van der Waals surface area contributed by atoms with Gasteiger partial charge in [0, 0.05) is 17.5 Å². The second-order valence-electron chi connectivity index (χ2n) is 4.47. The third-order valence-electron chi connectivity index (χ3n) is 2.81. The average molecular weight is 310 g/mol. The molecule has 0 radical (unpaired) electrons. The van der Waals surface area contributed by atoms with Gasteiger partial charge in [-0.25, -0.2) is 0 Å². The van der Waals surface area contributed by atoms with Gasteiger partial charge in [-0.2, -0.15) is 0 Å². The highest BCUT2D eigenvalue weighted by molar-refractivity contribution is 6.18. The number of amides is 1. The first-order valence-electron chi connectivity index (χ1n) is 5.95. The average Bonchev–Trinajstić information content (AvgIpc) is 2.36. The van der Waals surface area contributed by atoms with E-state index < -0.39 is 6.36 Å². The first-order chi connectivity index (χ1) is 9.23. The van der Waals surface area contributed by atoms with Crippen LogP contribution in [0.1, 0.15) is 24.2 Å². The van der Waals surface area contributed by atoms with Gasteiger partial charge in [-0.1, -0.05) is 6.92 Å². The van der Waals surface area contributed by atoms with Gasteiger partial charge in [0.25, 0.3) is 5.91 Å². The number of ether oxygens (including phenoxy) is 1. The molecule has 1 aromatic carbocycles. The topological polar surface area (TPSA) is 38.3 Å². The number of carbonyl (C=O) groups is 1. The molecule has 0 fully saturated rings. The van der Waals surface area contributed by atoms with Crippen LogP contribution in [-0.2, 0) is 0 Å². The molecule has 1 aromatic rings.